The lowest BCUT2D eigenvalue weighted by Crippen LogP contribution is -2.39. The highest BCUT2D eigenvalue weighted by Gasteiger charge is 2.38. The maximum atomic E-state index is 13.2. The number of methoxy groups -OCH3 is 1. The molecular weight excluding hydrogens is 340 g/mol. The molecule has 2 amide bonds. The largest absolute Gasteiger partial charge is 0.497 e. The van der Waals surface area contributed by atoms with Gasteiger partial charge in [-0.15, -0.1) is 0 Å². The van der Waals surface area contributed by atoms with E-state index in [1.165, 1.54) is 0 Å². The van der Waals surface area contributed by atoms with Crippen LogP contribution in [0.4, 0.5) is 5.69 Å². The Morgan fingerprint density at radius 1 is 1.22 bits per heavy atom. The van der Waals surface area contributed by atoms with Gasteiger partial charge < -0.3 is 14.5 Å². The molecule has 2 aromatic rings. The standard InChI is InChI=1S/C22H26N2O3/c1-4-23(16(2)17-9-8-12-20(13-17)27-3)22(26)18-14-21(25)24(15-18)19-10-6-5-7-11-19/h5-13,16,18H,4,14-15H2,1-3H3. The maximum Gasteiger partial charge on any atom is 0.228 e. The van der Waals surface area contributed by atoms with Gasteiger partial charge >= 0.3 is 0 Å². The molecule has 142 valence electrons. The lowest BCUT2D eigenvalue weighted by Gasteiger charge is -2.31. The summed E-state index contributed by atoms with van der Waals surface area (Å²) in [5.41, 5.74) is 1.87. The Morgan fingerprint density at radius 3 is 2.63 bits per heavy atom. The molecule has 5 nitrogen and oxygen atoms in total. The van der Waals surface area contributed by atoms with Crippen LogP contribution < -0.4 is 9.64 Å². The number of benzene rings is 2. The first kappa shape index (κ1) is 19.0. The van der Waals surface area contributed by atoms with Gasteiger partial charge in [-0.05, 0) is 43.7 Å². The Hall–Kier alpha value is -2.82. The van der Waals surface area contributed by atoms with E-state index in [1.54, 1.807) is 12.0 Å². The second-order valence-electron chi connectivity index (χ2n) is 6.82. The first-order valence-electron chi connectivity index (χ1n) is 9.35. The molecule has 1 aliphatic heterocycles. The molecule has 2 unspecified atom stereocenters. The Morgan fingerprint density at radius 2 is 1.96 bits per heavy atom. The molecule has 0 aromatic heterocycles. The lowest BCUT2D eigenvalue weighted by atomic mass is 10.0. The number of carbonyl (C=O) groups is 2. The van der Waals surface area contributed by atoms with Crippen molar-refractivity contribution < 1.29 is 14.3 Å². The minimum absolute atomic E-state index is 0.00429. The topological polar surface area (TPSA) is 49.9 Å². The van der Waals surface area contributed by atoms with E-state index in [0.717, 1.165) is 17.0 Å². The normalized spacial score (nSPS) is 17.7. The van der Waals surface area contributed by atoms with E-state index in [9.17, 15) is 9.59 Å². The molecule has 1 saturated heterocycles. The lowest BCUT2D eigenvalue weighted by molar-refractivity contribution is -0.137. The van der Waals surface area contributed by atoms with Gasteiger partial charge in [0.1, 0.15) is 5.75 Å². The second-order valence-corrected chi connectivity index (χ2v) is 6.82. The van der Waals surface area contributed by atoms with Crippen LogP contribution in [0.25, 0.3) is 0 Å². The zero-order valence-corrected chi connectivity index (χ0v) is 16.1. The monoisotopic (exact) mass is 366 g/mol. The van der Waals surface area contributed by atoms with Crippen LogP contribution in [0, 0.1) is 5.92 Å². The van der Waals surface area contributed by atoms with Gasteiger partial charge in [0.15, 0.2) is 0 Å². The minimum Gasteiger partial charge on any atom is -0.497 e. The number of carbonyl (C=O) groups excluding carboxylic acids is 2. The van der Waals surface area contributed by atoms with Gasteiger partial charge in [0.25, 0.3) is 0 Å². The SMILES string of the molecule is CCN(C(=O)C1CC(=O)N(c2ccccc2)C1)C(C)c1cccc(OC)c1. The summed E-state index contributed by atoms with van der Waals surface area (Å²) >= 11 is 0. The van der Waals surface area contributed by atoms with Crippen molar-refractivity contribution in [3.8, 4) is 5.75 Å². The average Bonchev–Trinajstić information content (AvgIpc) is 3.10. The summed E-state index contributed by atoms with van der Waals surface area (Å²) in [5, 5.41) is 0. The number of hydrogen-bond acceptors (Lipinski definition) is 3. The molecule has 0 aliphatic carbocycles. The van der Waals surface area contributed by atoms with Crippen LogP contribution in [0.1, 0.15) is 31.9 Å². The van der Waals surface area contributed by atoms with Crippen LogP contribution in [0.3, 0.4) is 0 Å². The zero-order chi connectivity index (χ0) is 19.4. The molecule has 0 N–H and O–H groups in total. The summed E-state index contributed by atoms with van der Waals surface area (Å²) in [4.78, 5) is 29.2. The zero-order valence-electron chi connectivity index (χ0n) is 16.1. The number of para-hydroxylation sites is 1. The summed E-state index contributed by atoms with van der Waals surface area (Å²) < 4.78 is 5.30. The molecule has 27 heavy (non-hydrogen) atoms. The predicted molar refractivity (Wildman–Crippen MR) is 106 cm³/mol. The van der Waals surface area contributed by atoms with E-state index in [1.807, 2.05) is 73.3 Å². The van der Waals surface area contributed by atoms with Crippen LogP contribution in [0.2, 0.25) is 0 Å². The molecule has 3 rings (SSSR count). The van der Waals surface area contributed by atoms with Gasteiger partial charge in [0.2, 0.25) is 11.8 Å². The molecule has 0 saturated carbocycles. The van der Waals surface area contributed by atoms with E-state index in [-0.39, 0.29) is 30.2 Å². The van der Waals surface area contributed by atoms with Gasteiger partial charge in [-0.2, -0.15) is 0 Å². The molecule has 2 aromatic carbocycles. The van der Waals surface area contributed by atoms with E-state index in [2.05, 4.69) is 0 Å². The number of ether oxygens (including phenoxy) is 1. The molecule has 2 atom stereocenters. The fraction of sp³-hybridized carbons (Fsp3) is 0.364. The molecule has 5 heteroatoms. The fourth-order valence-corrected chi connectivity index (χ4v) is 3.67. The van der Waals surface area contributed by atoms with Gasteiger partial charge in [0, 0.05) is 25.2 Å². The van der Waals surface area contributed by atoms with Crippen molar-refractivity contribution in [2.24, 2.45) is 5.92 Å². The summed E-state index contributed by atoms with van der Waals surface area (Å²) in [7, 11) is 1.63. The Labute approximate surface area is 160 Å². The summed E-state index contributed by atoms with van der Waals surface area (Å²) in [6.45, 7) is 5.01. The third-order valence-electron chi connectivity index (χ3n) is 5.21. The van der Waals surface area contributed by atoms with Gasteiger partial charge in [-0.1, -0.05) is 30.3 Å². The van der Waals surface area contributed by atoms with Crippen LogP contribution in [0.15, 0.2) is 54.6 Å². The highest BCUT2D eigenvalue weighted by molar-refractivity contribution is 6.00. The van der Waals surface area contributed by atoms with E-state index in [4.69, 9.17) is 4.74 Å². The van der Waals surface area contributed by atoms with Gasteiger partial charge in [0.05, 0.1) is 19.1 Å². The van der Waals surface area contributed by atoms with Crippen molar-refractivity contribution in [1.29, 1.82) is 0 Å². The fourth-order valence-electron chi connectivity index (χ4n) is 3.67. The Balaban J connectivity index is 1.76. The Kier molecular flexibility index (Phi) is 5.79. The highest BCUT2D eigenvalue weighted by Crippen LogP contribution is 2.30. The third-order valence-corrected chi connectivity index (χ3v) is 5.21. The van der Waals surface area contributed by atoms with Crippen LogP contribution in [0.5, 0.6) is 5.75 Å². The quantitative estimate of drug-likeness (QED) is 0.784. The molecule has 0 bridgehead atoms. The summed E-state index contributed by atoms with van der Waals surface area (Å²) in [5.74, 6) is 0.490. The van der Waals surface area contributed by atoms with Crippen LogP contribution in [-0.2, 0) is 9.59 Å². The van der Waals surface area contributed by atoms with Crippen LogP contribution in [-0.4, -0.2) is 36.9 Å². The first-order chi connectivity index (χ1) is 13.0. The molecule has 0 radical (unpaired) electrons. The van der Waals surface area contributed by atoms with Crippen molar-refractivity contribution in [1.82, 2.24) is 4.90 Å². The molecule has 1 fully saturated rings. The number of rotatable bonds is 6. The van der Waals surface area contributed by atoms with Gasteiger partial charge in [-0.3, -0.25) is 9.59 Å². The van der Waals surface area contributed by atoms with Crippen molar-refractivity contribution in [3.05, 3.63) is 60.2 Å². The molecular formula is C22H26N2O3. The van der Waals surface area contributed by atoms with E-state index >= 15 is 0 Å². The van der Waals surface area contributed by atoms with Gasteiger partial charge in [-0.25, -0.2) is 0 Å². The van der Waals surface area contributed by atoms with Crippen molar-refractivity contribution in [2.45, 2.75) is 26.3 Å². The summed E-state index contributed by atoms with van der Waals surface area (Å²) in [6, 6.07) is 17.2. The number of amides is 2. The van der Waals surface area contributed by atoms with Crippen molar-refractivity contribution in [2.75, 3.05) is 25.1 Å². The molecule has 1 heterocycles. The maximum absolute atomic E-state index is 13.2. The minimum atomic E-state index is -0.314. The summed E-state index contributed by atoms with van der Waals surface area (Å²) in [6.07, 6.45) is 0.259. The number of nitrogens with zero attached hydrogens (tertiary/aromatic N) is 2. The van der Waals surface area contributed by atoms with E-state index in [0.29, 0.717) is 13.1 Å². The van der Waals surface area contributed by atoms with Crippen molar-refractivity contribution in [3.63, 3.8) is 0 Å². The Bertz CT molecular complexity index is 806. The number of anilines is 1. The highest BCUT2D eigenvalue weighted by atomic mass is 16.5. The first-order valence-corrected chi connectivity index (χ1v) is 9.35. The molecule has 1 aliphatic rings. The smallest absolute Gasteiger partial charge is 0.228 e. The molecule has 0 spiro atoms. The average molecular weight is 366 g/mol. The van der Waals surface area contributed by atoms with Crippen LogP contribution >= 0.6 is 0 Å². The third kappa shape index (κ3) is 3.97. The predicted octanol–water partition coefficient (Wildman–Crippen LogP) is 3.66. The van der Waals surface area contributed by atoms with Crippen molar-refractivity contribution >= 4 is 17.5 Å². The van der Waals surface area contributed by atoms with E-state index < -0.39 is 0 Å². The number of hydrogen-bond donors (Lipinski definition) is 0. The second kappa shape index (κ2) is 8.25.